The average Bonchev–Trinajstić information content (AvgIpc) is 2.47. The van der Waals surface area contributed by atoms with Crippen LogP contribution in [0.1, 0.15) is 26.2 Å². The van der Waals surface area contributed by atoms with Gasteiger partial charge in [-0.05, 0) is 6.42 Å². The lowest BCUT2D eigenvalue weighted by Gasteiger charge is -2.16. The number of ether oxygens (including phenoxy) is 1. The van der Waals surface area contributed by atoms with Crippen molar-refractivity contribution in [2.45, 2.75) is 44.3 Å². The van der Waals surface area contributed by atoms with Crippen molar-refractivity contribution in [3.05, 3.63) is 0 Å². The fourth-order valence-electron chi connectivity index (χ4n) is 1.56. The first-order chi connectivity index (χ1) is 7.49. The number of hydrogen-bond donors (Lipinski definition) is 1. The number of carbonyl (C=O) groups is 1. The molecule has 0 spiro atoms. The van der Waals surface area contributed by atoms with E-state index in [1.54, 1.807) is 0 Å². The number of hydrogen-bond acceptors (Lipinski definition) is 3. The van der Waals surface area contributed by atoms with Crippen molar-refractivity contribution in [3.63, 3.8) is 0 Å². The van der Waals surface area contributed by atoms with Gasteiger partial charge in [-0.3, -0.25) is 0 Å². The minimum absolute atomic E-state index is 0.0814. The Morgan fingerprint density at radius 2 is 2.44 bits per heavy atom. The fraction of sp³-hybridized carbons (Fsp3) is 0.727. The highest BCUT2D eigenvalue weighted by Gasteiger charge is 2.50. The van der Waals surface area contributed by atoms with Crippen LogP contribution in [0.4, 0.5) is 8.78 Å². The molecule has 90 valence electrons. The monoisotopic (exact) mass is 231 g/mol. The van der Waals surface area contributed by atoms with Crippen LogP contribution in [0.2, 0.25) is 0 Å². The predicted molar refractivity (Wildman–Crippen MR) is 55.0 cm³/mol. The van der Waals surface area contributed by atoms with Crippen LogP contribution < -0.4 is 5.32 Å². The van der Waals surface area contributed by atoms with E-state index in [9.17, 15) is 13.6 Å². The summed E-state index contributed by atoms with van der Waals surface area (Å²) >= 11 is 0. The lowest BCUT2D eigenvalue weighted by molar-refractivity contribution is -0.159. The van der Waals surface area contributed by atoms with Gasteiger partial charge in [0.05, 0.1) is 6.42 Å². The van der Waals surface area contributed by atoms with Crippen molar-refractivity contribution in [3.8, 4) is 12.3 Å². The molecule has 0 aromatic heterocycles. The van der Waals surface area contributed by atoms with E-state index in [0.717, 1.165) is 6.42 Å². The first-order valence-corrected chi connectivity index (χ1v) is 5.25. The maximum atomic E-state index is 12.8. The van der Waals surface area contributed by atoms with Gasteiger partial charge in [-0.25, -0.2) is 4.79 Å². The summed E-state index contributed by atoms with van der Waals surface area (Å²) in [4.78, 5) is 10.7. The molecule has 1 aliphatic rings. The predicted octanol–water partition coefficient (Wildman–Crippen LogP) is 1.33. The van der Waals surface area contributed by atoms with Gasteiger partial charge >= 0.3 is 11.9 Å². The standard InChI is InChI=1S/C11H15F2NO2/c1-3-5-8(4-2)14-7-9-6-11(12,13)10(15)16-9/h1,8-9,14H,4-7H2,2H3. The summed E-state index contributed by atoms with van der Waals surface area (Å²) in [5.74, 6) is -2.26. The zero-order chi connectivity index (χ0) is 12.2. The van der Waals surface area contributed by atoms with Gasteiger partial charge in [0.25, 0.3) is 0 Å². The van der Waals surface area contributed by atoms with Gasteiger partial charge in [-0.1, -0.05) is 6.92 Å². The SMILES string of the molecule is C#CCC(CC)NCC1CC(F)(F)C(=O)O1. The second kappa shape index (κ2) is 5.26. The molecule has 5 heteroatoms. The van der Waals surface area contributed by atoms with Gasteiger partial charge in [-0.2, -0.15) is 8.78 Å². The molecule has 0 amide bonds. The first kappa shape index (κ1) is 12.9. The van der Waals surface area contributed by atoms with E-state index in [1.807, 2.05) is 6.92 Å². The van der Waals surface area contributed by atoms with E-state index in [4.69, 9.17) is 6.42 Å². The Kier molecular flexibility index (Phi) is 4.25. The lowest BCUT2D eigenvalue weighted by atomic mass is 10.1. The van der Waals surface area contributed by atoms with Gasteiger partial charge in [0.1, 0.15) is 6.10 Å². The van der Waals surface area contributed by atoms with Crippen molar-refractivity contribution in [2.24, 2.45) is 0 Å². The zero-order valence-electron chi connectivity index (χ0n) is 9.13. The van der Waals surface area contributed by atoms with Crippen LogP contribution in [0.25, 0.3) is 0 Å². The van der Waals surface area contributed by atoms with Crippen LogP contribution in [-0.4, -0.2) is 30.6 Å². The molecule has 2 unspecified atom stereocenters. The third-order valence-corrected chi connectivity index (χ3v) is 2.55. The van der Waals surface area contributed by atoms with E-state index >= 15 is 0 Å². The molecule has 0 aliphatic carbocycles. The van der Waals surface area contributed by atoms with Crippen molar-refractivity contribution in [1.82, 2.24) is 5.32 Å². The molecule has 1 fully saturated rings. The Morgan fingerprint density at radius 1 is 1.75 bits per heavy atom. The van der Waals surface area contributed by atoms with Crippen LogP contribution in [-0.2, 0) is 9.53 Å². The highest BCUT2D eigenvalue weighted by molar-refractivity contribution is 5.79. The molecule has 16 heavy (non-hydrogen) atoms. The van der Waals surface area contributed by atoms with Crippen LogP contribution in [0, 0.1) is 12.3 Å². The summed E-state index contributed by atoms with van der Waals surface area (Å²) in [6.45, 7) is 2.17. The lowest BCUT2D eigenvalue weighted by Crippen LogP contribution is -2.35. The first-order valence-electron chi connectivity index (χ1n) is 5.25. The van der Waals surface area contributed by atoms with Gasteiger partial charge < -0.3 is 10.1 Å². The van der Waals surface area contributed by atoms with Crippen LogP contribution in [0.15, 0.2) is 0 Å². The van der Waals surface area contributed by atoms with Crippen LogP contribution in [0.5, 0.6) is 0 Å². The number of alkyl halides is 2. The number of halogens is 2. The summed E-state index contributed by atoms with van der Waals surface area (Å²) < 4.78 is 30.2. The van der Waals surface area contributed by atoms with E-state index in [1.165, 1.54) is 0 Å². The minimum Gasteiger partial charge on any atom is -0.456 e. The average molecular weight is 231 g/mol. The quantitative estimate of drug-likeness (QED) is 0.573. The number of esters is 1. The molecular formula is C11H15F2NO2. The second-order valence-electron chi connectivity index (χ2n) is 3.86. The molecule has 0 saturated carbocycles. The smallest absolute Gasteiger partial charge is 0.377 e. The van der Waals surface area contributed by atoms with E-state index in [-0.39, 0.29) is 12.6 Å². The van der Waals surface area contributed by atoms with E-state index < -0.39 is 24.4 Å². The molecule has 1 N–H and O–H groups in total. The molecule has 0 aromatic carbocycles. The summed E-state index contributed by atoms with van der Waals surface area (Å²) in [6, 6.07) is 0.0814. The van der Waals surface area contributed by atoms with Crippen LogP contribution in [0.3, 0.4) is 0 Å². The Hall–Kier alpha value is -1.15. The molecule has 1 heterocycles. The molecule has 0 radical (unpaired) electrons. The zero-order valence-corrected chi connectivity index (χ0v) is 9.13. The van der Waals surface area contributed by atoms with E-state index in [0.29, 0.717) is 6.42 Å². The summed E-state index contributed by atoms with van der Waals surface area (Å²) in [5.41, 5.74) is 0. The Bertz CT molecular complexity index is 299. The van der Waals surface area contributed by atoms with E-state index in [2.05, 4.69) is 16.0 Å². The molecule has 1 saturated heterocycles. The second-order valence-corrected chi connectivity index (χ2v) is 3.86. The normalized spacial score (nSPS) is 24.9. The summed E-state index contributed by atoms with van der Waals surface area (Å²) in [6.07, 6.45) is 5.20. The van der Waals surface area contributed by atoms with Gasteiger partial charge in [0.15, 0.2) is 0 Å². The molecule has 0 aromatic rings. The summed E-state index contributed by atoms with van der Waals surface area (Å²) in [7, 11) is 0. The maximum absolute atomic E-state index is 12.8. The Labute approximate surface area is 93.5 Å². The minimum atomic E-state index is -3.33. The largest absolute Gasteiger partial charge is 0.456 e. The number of carbonyl (C=O) groups excluding carboxylic acids is 1. The highest BCUT2D eigenvalue weighted by Crippen LogP contribution is 2.30. The third kappa shape index (κ3) is 3.17. The number of rotatable bonds is 5. The number of terminal acetylenes is 1. The van der Waals surface area contributed by atoms with Crippen molar-refractivity contribution >= 4 is 5.97 Å². The molecule has 1 aliphatic heterocycles. The summed E-state index contributed by atoms with van der Waals surface area (Å²) in [5, 5.41) is 3.02. The molecule has 2 atom stereocenters. The van der Waals surface area contributed by atoms with Gasteiger partial charge in [-0.15, -0.1) is 12.3 Å². The van der Waals surface area contributed by atoms with Crippen LogP contribution >= 0.6 is 0 Å². The Balaban J connectivity index is 2.35. The highest BCUT2D eigenvalue weighted by atomic mass is 19.3. The number of cyclic esters (lactones) is 1. The fourth-order valence-corrected chi connectivity index (χ4v) is 1.56. The number of nitrogens with one attached hydrogen (secondary N) is 1. The molecule has 3 nitrogen and oxygen atoms in total. The van der Waals surface area contributed by atoms with Gasteiger partial charge in [0, 0.05) is 19.0 Å². The van der Waals surface area contributed by atoms with Crippen molar-refractivity contribution in [1.29, 1.82) is 0 Å². The van der Waals surface area contributed by atoms with Crippen molar-refractivity contribution < 1.29 is 18.3 Å². The van der Waals surface area contributed by atoms with Gasteiger partial charge in [0.2, 0.25) is 0 Å². The topological polar surface area (TPSA) is 38.3 Å². The maximum Gasteiger partial charge on any atom is 0.377 e. The molecule has 0 bridgehead atoms. The molecular weight excluding hydrogens is 216 g/mol. The molecule has 1 rings (SSSR count). The van der Waals surface area contributed by atoms with Crippen molar-refractivity contribution in [2.75, 3.05) is 6.54 Å². The third-order valence-electron chi connectivity index (χ3n) is 2.55. The Morgan fingerprint density at radius 3 is 2.88 bits per heavy atom.